The molecule has 0 bridgehead atoms. The maximum atomic E-state index is 13.5. The number of methoxy groups -OCH3 is 3. The largest absolute Gasteiger partial charge is 0.493 e. The van der Waals surface area contributed by atoms with E-state index in [-0.39, 0.29) is 12.5 Å². The lowest BCUT2D eigenvalue weighted by atomic mass is 10.1. The topological polar surface area (TPSA) is 70.8 Å². The zero-order valence-electron chi connectivity index (χ0n) is 19.5. The number of aromatic nitrogens is 3. The van der Waals surface area contributed by atoms with Crippen molar-refractivity contribution in [3.05, 3.63) is 66.1 Å². The molecule has 0 N–H and O–H groups in total. The highest BCUT2D eigenvalue weighted by Crippen LogP contribution is 2.41. The molecule has 0 aliphatic carbocycles. The van der Waals surface area contributed by atoms with Gasteiger partial charge in [0.2, 0.25) is 11.7 Å². The Kier molecular flexibility index (Phi) is 6.26. The van der Waals surface area contributed by atoms with Crippen LogP contribution in [0.1, 0.15) is 11.1 Å². The van der Waals surface area contributed by atoms with Crippen LogP contribution in [0.3, 0.4) is 0 Å². The Morgan fingerprint density at radius 1 is 1.06 bits per heavy atom. The molecule has 0 aliphatic rings. The molecule has 4 aromatic rings. The summed E-state index contributed by atoms with van der Waals surface area (Å²) in [5.41, 5.74) is 3.96. The minimum atomic E-state index is -0.113. The minimum absolute atomic E-state index is 0.105. The Hall–Kier alpha value is -3.94. The van der Waals surface area contributed by atoms with Crippen LogP contribution in [-0.2, 0) is 24.9 Å². The van der Waals surface area contributed by atoms with E-state index in [1.54, 1.807) is 61.5 Å². The third kappa shape index (κ3) is 4.37. The number of anilines is 1. The Morgan fingerprint density at radius 3 is 2.39 bits per heavy atom. The highest BCUT2D eigenvalue weighted by molar-refractivity contribution is 5.95. The van der Waals surface area contributed by atoms with E-state index in [2.05, 4.69) is 41.0 Å². The average Bonchev–Trinajstić information content (AvgIpc) is 3.43. The number of hydrogen-bond acceptors (Lipinski definition) is 5. The van der Waals surface area contributed by atoms with Crippen molar-refractivity contribution in [3.63, 3.8) is 0 Å². The van der Waals surface area contributed by atoms with Crippen molar-refractivity contribution in [2.45, 2.75) is 20.0 Å². The normalized spacial score (nSPS) is 10.9. The van der Waals surface area contributed by atoms with Gasteiger partial charge in [-0.05, 0) is 30.7 Å². The molecule has 1 amide bonds. The lowest BCUT2D eigenvalue weighted by molar-refractivity contribution is -0.119. The number of fused-ring (bicyclic) bond motifs is 1. The summed E-state index contributed by atoms with van der Waals surface area (Å²) in [4.78, 5) is 15.2. The van der Waals surface area contributed by atoms with Crippen LogP contribution in [-0.4, -0.2) is 41.6 Å². The van der Waals surface area contributed by atoms with Gasteiger partial charge in [0.05, 0.1) is 33.6 Å². The zero-order valence-corrected chi connectivity index (χ0v) is 19.5. The van der Waals surface area contributed by atoms with E-state index in [1.807, 2.05) is 7.05 Å². The van der Waals surface area contributed by atoms with E-state index in [0.29, 0.717) is 29.5 Å². The highest BCUT2D eigenvalue weighted by Gasteiger charge is 2.23. The van der Waals surface area contributed by atoms with Gasteiger partial charge in [-0.25, -0.2) is 0 Å². The molecule has 0 radical (unpaired) electrons. The van der Waals surface area contributed by atoms with Crippen molar-refractivity contribution in [1.82, 2.24) is 14.3 Å². The van der Waals surface area contributed by atoms with Crippen molar-refractivity contribution in [2.24, 2.45) is 7.05 Å². The first kappa shape index (κ1) is 22.3. The summed E-state index contributed by atoms with van der Waals surface area (Å²) in [6.45, 7) is 2.54. The summed E-state index contributed by atoms with van der Waals surface area (Å²) in [5, 5.41) is 5.31. The van der Waals surface area contributed by atoms with Crippen LogP contribution >= 0.6 is 0 Å². The second kappa shape index (κ2) is 9.28. The van der Waals surface area contributed by atoms with Gasteiger partial charge in [-0.3, -0.25) is 9.48 Å². The van der Waals surface area contributed by atoms with Gasteiger partial charge in [0.1, 0.15) is 6.54 Å². The van der Waals surface area contributed by atoms with Gasteiger partial charge in [0, 0.05) is 48.7 Å². The quantitative estimate of drug-likeness (QED) is 0.408. The van der Waals surface area contributed by atoms with Crippen LogP contribution in [0, 0.1) is 6.92 Å². The molecule has 0 atom stereocenters. The average molecular weight is 449 g/mol. The van der Waals surface area contributed by atoms with Gasteiger partial charge in [0.15, 0.2) is 11.5 Å². The third-order valence-corrected chi connectivity index (χ3v) is 5.67. The van der Waals surface area contributed by atoms with E-state index in [1.165, 1.54) is 0 Å². The molecule has 8 heteroatoms. The summed E-state index contributed by atoms with van der Waals surface area (Å²) in [6.07, 6.45) is 5.49. The van der Waals surface area contributed by atoms with E-state index >= 15 is 0 Å². The number of hydrogen-bond donors (Lipinski definition) is 0. The molecule has 0 saturated carbocycles. The number of ether oxygens (including phenoxy) is 3. The Labute approximate surface area is 192 Å². The molecular weight excluding hydrogens is 420 g/mol. The van der Waals surface area contributed by atoms with Crippen LogP contribution in [0.5, 0.6) is 17.2 Å². The molecule has 0 fully saturated rings. The monoisotopic (exact) mass is 448 g/mol. The van der Waals surface area contributed by atoms with E-state index in [9.17, 15) is 4.79 Å². The van der Waals surface area contributed by atoms with E-state index < -0.39 is 0 Å². The second-order valence-corrected chi connectivity index (χ2v) is 7.85. The van der Waals surface area contributed by atoms with Crippen LogP contribution in [0.4, 0.5) is 5.69 Å². The van der Waals surface area contributed by atoms with E-state index in [0.717, 1.165) is 22.0 Å². The SMILES string of the molecule is COc1cc(N(Cc2cn(C)c3ccc(C)cc23)C(=O)Cn2cccn2)cc(OC)c1OC. The van der Waals surface area contributed by atoms with Crippen molar-refractivity contribution < 1.29 is 19.0 Å². The van der Waals surface area contributed by atoms with E-state index in [4.69, 9.17) is 14.2 Å². The summed E-state index contributed by atoms with van der Waals surface area (Å²) < 4.78 is 20.2. The molecule has 4 rings (SSSR count). The Morgan fingerprint density at radius 2 is 1.79 bits per heavy atom. The number of benzene rings is 2. The fourth-order valence-electron chi connectivity index (χ4n) is 4.05. The van der Waals surface area contributed by atoms with Crippen LogP contribution in [0.2, 0.25) is 0 Å². The zero-order chi connectivity index (χ0) is 23.5. The molecule has 2 aromatic carbocycles. The van der Waals surface area contributed by atoms with Gasteiger partial charge in [-0.15, -0.1) is 0 Å². The smallest absolute Gasteiger partial charge is 0.249 e. The molecule has 172 valence electrons. The molecule has 0 spiro atoms. The predicted molar refractivity (Wildman–Crippen MR) is 127 cm³/mol. The molecular formula is C25H28N4O4. The summed E-state index contributed by atoms with van der Waals surface area (Å²) in [6, 6.07) is 11.7. The van der Waals surface area contributed by atoms with Crippen LogP contribution < -0.4 is 19.1 Å². The highest BCUT2D eigenvalue weighted by atomic mass is 16.5. The van der Waals surface area contributed by atoms with Gasteiger partial charge in [-0.1, -0.05) is 11.6 Å². The fourth-order valence-corrected chi connectivity index (χ4v) is 4.05. The fraction of sp³-hybridized carbons (Fsp3) is 0.280. The first-order valence-electron chi connectivity index (χ1n) is 10.6. The molecule has 33 heavy (non-hydrogen) atoms. The molecule has 0 saturated heterocycles. The molecule has 2 heterocycles. The van der Waals surface area contributed by atoms with Gasteiger partial charge in [0.25, 0.3) is 0 Å². The Balaban J connectivity index is 1.81. The lowest BCUT2D eigenvalue weighted by Crippen LogP contribution is -2.33. The van der Waals surface area contributed by atoms with Gasteiger partial charge in [-0.2, -0.15) is 5.10 Å². The van der Waals surface area contributed by atoms with Crippen LogP contribution in [0.25, 0.3) is 10.9 Å². The maximum absolute atomic E-state index is 13.5. The first-order chi connectivity index (χ1) is 15.9. The first-order valence-corrected chi connectivity index (χ1v) is 10.6. The molecule has 0 unspecified atom stereocenters. The number of aryl methyl sites for hydroxylation is 2. The van der Waals surface area contributed by atoms with Crippen molar-refractivity contribution in [1.29, 1.82) is 0 Å². The standard InChI is InChI=1S/C25H28N4O4/c1-17-7-8-21-20(11-17)18(14-27(21)2)15-29(24(30)16-28-10-6-9-26-28)19-12-22(31-3)25(33-5)23(13-19)32-4/h6-14H,15-16H2,1-5H3. The lowest BCUT2D eigenvalue weighted by Gasteiger charge is -2.25. The number of carbonyl (C=O) groups excluding carboxylic acids is 1. The molecule has 0 aliphatic heterocycles. The second-order valence-electron chi connectivity index (χ2n) is 7.85. The summed E-state index contributed by atoms with van der Waals surface area (Å²) in [7, 11) is 6.69. The summed E-state index contributed by atoms with van der Waals surface area (Å²) >= 11 is 0. The number of rotatable bonds is 8. The van der Waals surface area contributed by atoms with Crippen LogP contribution in [0.15, 0.2) is 55.0 Å². The molecule has 2 aromatic heterocycles. The minimum Gasteiger partial charge on any atom is -0.493 e. The van der Waals surface area contributed by atoms with Gasteiger partial charge >= 0.3 is 0 Å². The van der Waals surface area contributed by atoms with Crippen molar-refractivity contribution in [3.8, 4) is 17.2 Å². The number of nitrogens with zero attached hydrogens (tertiary/aromatic N) is 4. The predicted octanol–water partition coefficient (Wildman–Crippen LogP) is 3.94. The number of carbonyl (C=O) groups is 1. The third-order valence-electron chi connectivity index (χ3n) is 5.67. The van der Waals surface area contributed by atoms with Crippen molar-refractivity contribution >= 4 is 22.5 Å². The van der Waals surface area contributed by atoms with Crippen molar-refractivity contribution in [2.75, 3.05) is 26.2 Å². The number of amides is 1. The maximum Gasteiger partial charge on any atom is 0.249 e. The Bertz CT molecular complexity index is 1250. The summed E-state index contributed by atoms with van der Waals surface area (Å²) in [5.74, 6) is 1.33. The molecule has 8 nitrogen and oxygen atoms in total. The van der Waals surface area contributed by atoms with Gasteiger partial charge < -0.3 is 23.7 Å².